The number of ether oxygens (including phenoxy) is 1. The quantitative estimate of drug-likeness (QED) is 0.715. The van der Waals surface area contributed by atoms with Gasteiger partial charge in [0.15, 0.2) is 0 Å². The van der Waals surface area contributed by atoms with Gasteiger partial charge in [0.05, 0.1) is 6.04 Å². The molecule has 1 fully saturated rings. The van der Waals surface area contributed by atoms with E-state index in [2.05, 4.69) is 22.5 Å². The van der Waals surface area contributed by atoms with Crippen LogP contribution in [0.4, 0.5) is 4.79 Å². The monoisotopic (exact) mass is 365 g/mol. The minimum atomic E-state index is -0.474. The first-order valence-corrected chi connectivity index (χ1v) is 8.51. The number of likely N-dealkylation sites (tertiary alicyclic amines) is 1. The van der Waals surface area contributed by atoms with E-state index in [1.165, 1.54) is 0 Å². The van der Waals surface area contributed by atoms with E-state index in [0.29, 0.717) is 0 Å². The van der Waals surface area contributed by atoms with Gasteiger partial charge in [-0.1, -0.05) is 34.6 Å². The third-order valence-corrected chi connectivity index (χ3v) is 4.28. The van der Waals surface area contributed by atoms with Crippen LogP contribution in [0.5, 0.6) is 0 Å². The Labute approximate surface area is 141 Å². The molecule has 22 heavy (non-hydrogen) atoms. The molecule has 0 bridgehead atoms. The van der Waals surface area contributed by atoms with Gasteiger partial charge in [-0.25, -0.2) is 4.79 Å². The van der Waals surface area contributed by atoms with Gasteiger partial charge in [0.1, 0.15) is 5.60 Å². The second-order valence-corrected chi connectivity index (χ2v) is 7.63. The molecule has 3 nitrogen and oxygen atoms in total. The Hall–Kier alpha value is -1.29. The van der Waals surface area contributed by atoms with Crippen LogP contribution < -0.4 is 0 Å². The van der Waals surface area contributed by atoms with Gasteiger partial charge in [-0.3, -0.25) is 0 Å². The number of hydrogen-bond acceptors (Lipinski definition) is 2. The number of benzene rings is 1. The van der Waals surface area contributed by atoms with Gasteiger partial charge in [0.2, 0.25) is 0 Å². The SMILES string of the molecule is C=C(c1ccc(Br)cc1)C1CCCCN1C(=O)OC(C)(C)C. The van der Waals surface area contributed by atoms with E-state index in [-0.39, 0.29) is 12.1 Å². The molecule has 0 N–H and O–H groups in total. The van der Waals surface area contributed by atoms with Crippen LogP contribution in [0.1, 0.15) is 45.6 Å². The number of carbonyl (C=O) groups is 1. The van der Waals surface area contributed by atoms with E-state index >= 15 is 0 Å². The highest BCUT2D eigenvalue weighted by atomic mass is 79.9. The van der Waals surface area contributed by atoms with Gasteiger partial charge in [0, 0.05) is 11.0 Å². The van der Waals surface area contributed by atoms with Crippen molar-refractivity contribution in [2.45, 2.75) is 51.7 Å². The summed E-state index contributed by atoms with van der Waals surface area (Å²) in [7, 11) is 0. The number of rotatable bonds is 2. The number of nitrogens with zero attached hydrogens (tertiary/aromatic N) is 1. The number of piperidine rings is 1. The average molecular weight is 366 g/mol. The zero-order chi connectivity index (χ0) is 16.3. The van der Waals surface area contributed by atoms with Gasteiger partial charge in [-0.2, -0.15) is 0 Å². The fraction of sp³-hybridized carbons (Fsp3) is 0.500. The maximum atomic E-state index is 12.5. The fourth-order valence-electron chi connectivity index (χ4n) is 2.69. The molecule has 1 amide bonds. The van der Waals surface area contributed by atoms with E-state index in [1.807, 2.05) is 49.9 Å². The Morgan fingerprint density at radius 3 is 2.50 bits per heavy atom. The molecule has 120 valence electrons. The molecule has 1 heterocycles. The molecule has 0 aromatic heterocycles. The van der Waals surface area contributed by atoms with E-state index in [9.17, 15) is 4.79 Å². The van der Waals surface area contributed by atoms with E-state index in [0.717, 1.165) is 41.4 Å². The summed E-state index contributed by atoms with van der Waals surface area (Å²) >= 11 is 3.44. The van der Waals surface area contributed by atoms with Gasteiger partial charge >= 0.3 is 6.09 Å². The van der Waals surface area contributed by atoms with Crippen molar-refractivity contribution in [1.82, 2.24) is 4.90 Å². The summed E-state index contributed by atoms with van der Waals surface area (Å²) in [5.74, 6) is 0. The van der Waals surface area contributed by atoms with Gasteiger partial charge in [-0.15, -0.1) is 0 Å². The molecule has 1 saturated heterocycles. The molecule has 1 aromatic rings. The zero-order valence-electron chi connectivity index (χ0n) is 13.6. The van der Waals surface area contributed by atoms with Crippen molar-refractivity contribution in [3.05, 3.63) is 40.9 Å². The molecule has 1 aliphatic rings. The Morgan fingerprint density at radius 1 is 1.27 bits per heavy atom. The molecule has 4 heteroatoms. The van der Waals surface area contributed by atoms with Crippen LogP contribution in [0.3, 0.4) is 0 Å². The van der Waals surface area contributed by atoms with Crippen molar-refractivity contribution >= 4 is 27.6 Å². The molecule has 0 aliphatic carbocycles. The second-order valence-electron chi connectivity index (χ2n) is 6.72. The van der Waals surface area contributed by atoms with Crippen LogP contribution in [-0.2, 0) is 4.74 Å². The smallest absolute Gasteiger partial charge is 0.410 e. The van der Waals surface area contributed by atoms with Crippen molar-refractivity contribution in [2.75, 3.05) is 6.54 Å². The lowest BCUT2D eigenvalue weighted by atomic mass is 9.92. The summed E-state index contributed by atoms with van der Waals surface area (Å²) < 4.78 is 6.59. The van der Waals surface area contributed by atoms with Crippen LogP contribution in [0.2, 0.25) is 0 Å². The Bertz CT molecular complexity index is 545. The third kappa shape index (κ3) is 4.35. The Kier molecular flexibility index (Phi) is 5.32. The third-order valence-electron chi connectivity index (χ3n) is 3.75. The molecule has 1 aliphatic heterocycles. The average Bonchev–Trinajstić information content (AvgIpc) is 2.45. The van der Waals surface area contributed by atoms with Crippen LogP contribution in [0, 0.1) is 0 Å². The molecule has 1 atom stereocenters. The van der Waals surface area contributed by atoms with E-state index in [1.54, 1.807) is 0 Å². The normalized spacial score (nSPS) is 18.9. The number of halogens is 1. The summed E-state index contributed by atoms with van der Waals surface area (Å²) in [4.78, 5) is 14.3. The van der Waals surface area contributed by atoms with Crippen molar-refractivity contribution in [3.63, 3.8) is 0 Å². The van der Waals surface area contributed by atoms with Crippen LogP contribution in [0.25, 0.3) is 5.57 Å². The summed E-state index contributed by atoms with van der Waals surface area (Å²) in [5.41, 5.74) is 1.58. The highest BCUT2D eigenvalue weighted by Crippen LogP contribution is 2.30. The maximum absolute atomic E-state index is 12.5. The van der Waals surface area contributed by atoms with Crippen LogP contribution in [0.15, 0.2) is 35.3 Å². The topological polar surface area (TPSA) is 29.5 Å². The molecule has 0 spiro atoms. The van der Waals surface area contributed by atoms with E-state index < -0.39 is 5.60 Å². The lowest BCUT2D eigenvalue weighted by molar-refractivity contribution is 0.0159. The molecule has 0 saturated carbocycles. The standard InChI is InChI=1S/C18H24BrNO2/c1-13(14-8-10-15(19)11-9-14)16-7-5-6-12-20(16)17(21)22-18(2,3)4/h8-11,16H,1,5-7,12H2,2-4H3. The van der Waals surface area contributed by atoms with Crippen molar-refractivity contribution in [3.8, 4) is 0 Å². The second kappa shape index (κ2) is 6.86. The molecule has 2 rings (SSSR count). The van der Waals surface area contributed by atoms with Crippen molar-refractivity contribution in [1.29, 1.82) is 0 Å². The summed E-state index contributed by atoms with van der Waals surface area (Å²) in [6.07, 6.45) is 2.83. The highest BCUT2D eigenvalue weighted by Gasteiger charge is 2.32. The Morgan fingerprint density at radius 2 is 1.91 bits per heavy atom. The largest absolute Gasteiger partial charge is 0.444 e. The number of amides is 1. The van der Waals surface area contributed by atoms with Gasteiger partial charge in [-0.05, 0) is 63.3 Å². The van der Waals surface area contributed by atoms with Crippen molar-refractivity contribution in [2.24, 2.45) is 0 Å². The molecular weight excluding hydrogens is 342 g/mol. The molecule has 1 aromatic carbocycles. The number of carbonyl (C=O) groups excluding carboxylic acids is 1. The predicted molar refractivity (Wildman–Crippen MR) is 93.8 cm³/mol. The predicted octanol–water partition coefficient (Wildman–Crippen LogP) is 5.25. The summed E-state index contributed by atoms with van der Waals surface area (Å²) in [5, 5.41) is 0. The first kappa shape index (κ1) is 17.1. The van der Waals surface area contributed by atoms with Crippen LogP contribution >= 0.6 is 15.9 Å². The maximum Gasteiger partial charge on any atom is 0.410 e. The lowest BCUT2D eigenvalue weighted by Crippen LogP contribution is -2.46. The Balaban J connectivity index is 2.17. The molecule has 1 unspecified atom stereocenters. The zero-order valence-corrected chi connectivity index (χ0v) is 15.1. The van der Waals surface area contributed by atoms with Gasteiger partial charge < -0.3 is 9.64 Å². The summed E-state index contributed by atoms with van der Waals surface area (Å²) in [6, 6.07) is 8.09. The fourth-order valence-corrected chi connectivity index (χ4v) is 2.95. The summed E-state index contributed by atoms with van der Waals surface area (Å²) in [6.45, 7) is 10.7. The minimum Gasteiger partial charge on any atom is -0.444 e. The van der Waals surface area contributed by atoms with Crippen LogP contribution in [-0.4, -0.2) is 29.2 Å². The number of hydrogen-bond donors (Lipinski definition) is 0. The first-order valence-electron chi connectivity index (χ1n) is 7.72. The highest BCUT2D eigenvalue weighted by molar-refractivity contribution is 9.10. The van der Waals surface area contributed by atoms with E-state index in [4.69, 9.17) is 4.74 Å². The minimum absolute atomic E-state index is 0.0183. The van der Waals surface area contributed by atoms with Gasteiger partial charge in [0.25, 0.3) is 0 Å². The molecular formula is C18H24BrNO2. The van der Waals surface area contributed by atoms with Crippen molar-refractivity contribution < 1.29 is 9.53 Å². The lowest BCUT2D eigenvalue weighted by Gasteiger charge is -2.37. The molecule has 0 radical (unpaired) electrons. The first-order chi connectivity index (χ1) is 10.3.